The molecule has 0 amide bonds. The van der Waals surface area contributed by atoms with Gasteiger partial charge in [0.15, 0.2) is 0 Å². The highest BCUT2D eigenvalue weighted by Crippen LogP contribution is 1.99. The summed E-state index contributed by atoms with van der Waals surface area (Å²) in [5.74, 6) is 0.633. The van der Waals surface area contributed by atoms with Gasteiger partial charge in [0.25, 0.3) is 0 Å². The van der Waals surface area contributed by atoms with Gasteiger partial charge >= 0.3 is 8.80 Å². The Morgan fingerprint density at radius 2 is 1.59 bits per heavy atom. The number of rotatable bonds is 11. The van der Waals surface area contributed by atoms with Gasteiger partial charge in [0.05, 0.1) is 0 Å². The number of hydrogen-bond donors (Lipinski definition) is 3. The Morgan fingerprint density at radius 3 is 2.00 bits per heavy atom. The van der Waals surface area contributed by atoms with Crippen molar-refractivity contribution >= 4 is 8.80 Å². The van der Waals surface area contributed by atoms with Crippen LogP contribution in [0.3, 0.4) is 0 Å². The van der Waals surface area contributed by atoms with Crippen LogP contribution in [0.4, 0.5) is 0 Å². The van der Waals surface area contributed by atoms with Crippen LogP contribution < -0.4 is 14.9 Å². The van der Waals surface area contributed by atoms with Gasteiger partial charge in [-0.25, -0.2) is 0 Å². The van der Waals surface area contributed by atoms with E-state index in [1.165, 1.54) is 6.42 Å². The summed E-state index contributed by atoms with van der Waals surface area (Å²) in [7, 11) is -2.15. The van der Waals surface area contributed by atoms with Gasteiger partial charge in [-0.15, -0.1) is 0 Å². The zero-order valence-electron chi connectivity index (χ0n) is 12.2. The van der Waals surface area contributed by atoms with Gasteiger partial charge in [0.2, 0.25) is 0 Å². The molecule has 0 heterocycles. The lowest BCUT2D eigenvalue weighted by Crippen LogP contribution is -2.74. The third kappa shape index (κ3) is 7.89. The van der Waals surface area contributed by atoms with Crippen LogP contribution in [0.1, 0.15) is 47.5 Å². The van der Waals surface area contributed by atoms with Crippen molar-refractivity contribution in [3.8, 4) is 0 Å². The fourth-order valence-electron chi connectivity index (χ4n) is 1.56. The third-order valence-electron chi connectivity index (χ3n) is 2.43. The van der Waals surface area contributed by atoms with E-state index in [2.05, 4.69) is 49.6 Å². The van der Waals surface area contributed by atoms with Crippen molar-refractivity contribution in [1.29, 1.82) is 0 Å². The molecular weight excluding hydrogens is 230 g/mol. The van der Waals surface area contributed by atoms with Gasteiger partial charge in [0.1, 0.15) is 0 Å². The first-order valence-corrected chi connectivity index (χ1v) is 8.90. The van der Waals surface area contributed by atoms with E-state index in [1.54, 1.807) is 0 Å². The summed E-state index contributed by atoms with van der Waals surface area (Å²) in [6.07, 6.45) is 2.29. The summed E-state index contributed by atoms with van der Waals surface area (Å²) in [5.41, 5.74) is 0. The molecular formula is C12H31N3OSi. The summed E-state index contributed by atoms with van der Waals surface area (Å²) >= 11 is 0. The number of unbranched alkanes of at least 4 members (excludes halogenated alkanes) is 1. The van der Waals surface area contributed by atoms with Crippen molar-refractivity contribution in [2.45, 2.75) is 47.5 Å². The second-order valence-corrected chi connectivity index (χ2v) is 7.43. The van der Waals surface area contributed by atoms with E-state index in [9.17, 15) is 0 Å². The molecule has 0 aliphatic carbocycles. The maximum absolute atomic E-state index is 6.11. The Bertz CT molecular complexity index is 173. The standard InChI is InChI=1S/C12H31N3OSi/c1-6-9-10-16-17(13-7-2,14-8-3)15-11-12(4)5/h12-15H,6-11H2,1-5H3. The largest absolute Gasteiger partial charge is 0.440 e. The molecule has 0 saturated carbocycles. The summed E-state index contributed by atoms with van der Waals surface area (Å²) in [6.45, 7) is 14.5. The molecule has 0 spiro atoms. The van der Waals surface area contributed by atoms with Crippen molar-refractivity contribution < 1.29 is 4.43 Å². The molecule has 0 aliphatic rings. The zero-order chi connectivity index (χ0) is 13.1. The maximum Gasteiger partial charge on any atom is 0.440 e. The highest BCUT2D eigenvalue weighted by atomic mass is 28.4. The first-order chi connectivity index (χ1) is 8.10. The predicted molar refractivity (Wildman–Crippen MR) is 76.8 cm³/mol. The molecule has 0 bridgehead atoms. The molecule has 0 unspecified atom stereocenters. The van der Waals surface area contributed by atoms with E-state index in [4.69, 9.17) is 4.43 Å². The van der Waals surface area contributed by atoms with Crippen molar-refractivity contribution in [1.82, 2.24) is 14.9 Å². The van der Waals surface area contributed by atoms with Gasteiger partial charge in [0, 0.05) is 6.61 Å². The summed E-state index contributed by atoms with van der Waals surface area (Å²) in [4.78, 5) is 10.6. The van der Waals surface area contributed by atoms with E-state index < -0.39 is 8.80 Å². The average molecular weight is 261 g/mol. The van der Waals surface area contributed by atoms with Crippen molar-refractivity contribution in [3.05, 3.63) is 0 Å². The first kappa shape index (κ1) is 17.1. The Balaban J connectivity index is 4.36. The van der Waals surface area contributed by atoms with Crippen LogP contribution >= 0.6 is 0 Å². The van der Waals surface area contributed by atoms with Gasteiger partial charge in [-0.2, -0.15) is 0 Å². The van der Waals surface area contributed by atoms with Gasteiger partial charge in [-0.3, -0.25) is 14.9 Å². The van der Waals surface area contributed by atoms with Crippen molar-refractivity contribution in [2.75, 3.05) is 26.2 Å². The van der Waals surface area contributed by atoms with Gasteiger partial charge < -0.3 is 4.43 Å². The lowest BCUT2D eigenvalue weighted by atomic mass is 10.2. The average Bonchev–Trinajstić information content (AvgIpc) is 2.27. The van der Waals surface area contributed by atoms with Crippen molar-refractivity contribution in [3.63, 3.8) is 0 Å². The fourth-order valence-corrected chi connectivity index (χ4v) is 4.38. The van der Waals surface area contributed by atoms with Gasteiger partial charge in [-0.05, 0) is 32.0 Å². The second kappa shape index (κ2) is 10.0. The molecule has 0 atom stereocenters. The molecule has 0 saturated heterocycles. The van der Waals surface area contributed by atoms with Crippen LogP contribution in [0, 0.1) is 5.92 Å². The lowest BCUT2D eigenvalue weighted by Gasteiger charge is -2.32. The van der Waals surface area contributed by atoms with Crippen LogP contribution in [0.15, 0.2) is 0 Å². The van der Waals surface area contributed by atoms with Crippen LogP contribution in [-0.2, 0) is 4.43 Å². The lowest BCUT2D eigenvalue weighted by molar-refractivity contribution is 0.260. The molecule has 17 heavy (non-hydrogen) atoms. The first-order valence-electron chi connectivity index (χ1n) is 6.99. The minimum atomic E-state index is -2.15. The number of nitrogens with one attached hydrogen (secondary N) is 3. The Kier molecular flexibility index (Phi) is 10.1. The summed E-state index contributed by atoms with van der Waals surface area (Å²) in [6, 6.07) is 0. The topological polar surface area (TPSA) is 45.3 Å². The molecule has 0 aromatic carbocycles. The number of hydrogen-bond acceptors (Lipinski definition) is 4. The third-order valence-corrected chi connectivity index (χ3v) is 5.47. The summed E-state index contributed by atoms with van der Waals surface area (Å²) < 4.78 is 6.11. The van der Waals surface area contributed by atoms with Crippen LogP contribution in [-0.4, -0.2) is 35.0 Å². The van der Waals surface area contributed by atoms with Crippen LogP contribution in [0.2, 0.25) is 0 Å². The van der Waals surface area contributed by atoms with E-state index in [0.29, 0.717) is 5.92 Å². The minimum absolute atomic E-state index is 0.633. The van der Waals surface area contributed by atoms with E-state index in [0.717, 1.165) is 32.7 Å². The molecule has 0 aliphatic heterocycles. The van der Waals surface area contributed by atoms with E-state index in [-0.39, 0.29) is 0 Å². The van der Waals surface area contributed by atoms with E-state index >= 15 is 0 Å². The Labute approximate surface area is 108 Å². The minimum Gasteiger partial charge on any atom is -0.380 e. The highest BCUT2D eigenvalue weighted by molar-refractivity contribution is 6.66. The molecule has 0 radical (unpaired) electrons. The normalized spacial score (nSPS) is 12.4. The molecule has 0 aromatic heterocycles. The smallest absolute Gasteiger partial charge is 0.380 e. The molecule has 4 nitrogen and oxygen atoms in total. The fraction of sp³-hybridized carbons (Fsp3) is 1.00. The van der Waals surface area contributed by atoms with Gasteiger partial charge in [-0.1, -0.05) is 41.0 Å². The molecule has 0 aromatic rings. The predicted octanol–water partition coefficient (Wildman–Crippen LogP) is 1.70. The van der Waals surface area contributed by atoms with E-state index in [1.807, 2.05) is 0 Å². The van der Waals surface area contributed by atoms with Crippen molar-refractivity contribution in [2.24, 2.45) is 5.92 Å². The quantitative estimate of drug-likeness (QED) is 0.391. The molecule has 5 heteroatoms. The molecule has 0 fully saturated rings. The molecule has 3 N–H and O–H groups in total. The highest BCUT2D eigenvalue weighted by Gasteiger charge is 2.35. The Hall–Kier alpha value is 0.0569. The second-order valence-electron chi connectivity index (χ2n) is 4.72. The maximum atomic E-state index is 6.11. The zero-order valence-corrected chi connectivity index (χ0v) is 13.2. The Morgan fingerprint density at radius 1 is 1.00 bits per heavy atom. The monoisotopic (exact) mass is 261 g/mol. The summed E-state index contributed by atoms with van der Waals surface area (Å²) in [5, 5.41) is 0. The SMILES string of the molecule is CCCCO[Si](NCC)(NCC)NCC(C)C. The van der Waals surface area contributed by atoms with Crippen LogP contribution in [0.25, 0.3) is 0 Å². The van der Waals surface area contributed by atoms with Crippen LogP contribution in [0.5, 0.6) is 0 Å². The molecule has 0 rings (SSSR count). The molecule has 104 valence electrons.